The Bertz CT molecular complexity index is 567. The van der Waals surface area contributed by atoms with Crippen molar-refractivity contribution in [3.05, 3.63) is 35.5 Å². The van der Waals surface area contributed by atoms with E-state index in [9.17, 15) is 5.11 Å². The summed E-state index contributed by atoms with van der Waals surface area (Å²) in [7, 11) is 0. The molecule has 1 heterocycles. The van der Waals surface area contributed by atoms with Gasteiger partial charge in [0, 0.05) is 5.39 Å². The maximum absolute atomic E-state index is 9.97. The Balaban J connectivity index is 2.56. The number of pyridine rings is 1. The Morgan fingerprint density at radius 1 is 1.17 bits per heavy atom. The first kappa shape index (κ1) is 12.9. The van der Waals surface area contributed by atoms with Crippen LogP contribution in [0.1, 0.15) is 45.4 Å². The van der Waals surface area contributed by atoms with E-state index in [2.05, 4.69) is 50.9 Å². The molecule has 0 radical (unpaired) electrons. The van der Waals surface area contributed by atoms with Crippen LogP contribution in [0.2, 0.25) is 0 Å². The molecule has 0 aliphatic carbocycles. The molecule has 0 unspecified atom stereocenters. The van der Waals surface area contributed by atoms with E-state index in [1.54, 1.807) is 0 Å². The van der Waals surface area contributed by atoms with Gasteiger partial charge in [0.25, 0.3) is 0 Å². The zero-order valence-corrected chi connectivity index (χ0v) is 11.6. The minimum Gasteiger partial charge on any atom is -0.506 e. The van der Waals surface area contributed by atoms with Crippen LogP contribution in [0.25, 0.3) is 10.9 Å². The average molecular weight is 243 g/mol. The monoisotopic (exact) mass is 243 g/mol. The first-order valence-corrected chi connectivity index (χ1v) is 6.55. The van der Waals surface area contributed by atoms with Gasteiger partial charge in [0.2, 0.25) is 0 Å². The van der Waals surface area contributed by atoms with Gasteiger partial charge in [-0.15, -0.1) is 0 Å². The molecule has 0 spiro atoms. The maximum atomic E-state index is 9.97. The largest absolute Gasteiger partial charge is 0.506 e. The van der Waals surface area contributed by atoms with Crippen LogP contribution < -0.4 is 0 Å². The van der Waals surface area contributed by atoms with Gasteiger partial charge in [0.1, 0.15) is 5.75 Å². The summed E-state index contributed by atoms with van der Waals surface area (Å²) in [4.78, 5) is 4.54. The molecular formula is C16H21NO. The number of hydrogen-bond acceptors (Lipinski definition) is 2. The van der Waals surface area contributed by atoms with Crippen molar-refractivity contribution < 1.29 is 5.11 Å². The highest BCUT2D eigenvalue weighted by Crippen LogP contribution is 2.28. The Kier molecular flexibility index (Phi) is 3.29. The van der Waals surface area contributed by atoms with Crippen LogP contribution in [0, 0.1) is 0 Å². The van der Waals surface area contributed by atoms with E-state index < -0.39 is 0 Å². The number of aromatic nitrogens is 1. The van der Waals surface area contributed by atoms with E-state index in [4.69, 9.17) is 0 Å². The highest BCUT2D eigenvalue weighted by atomic mass is 16.3. The Morgan fingerprint density at radius 2 is 1.89 bits per heavy atom. The number of hydrogen-bond donors (Lipinski definition) is 1. The molecule has 96 valence electrons. The molecule has 2 rings (SSSR count). The molecule has 0 bridgehead atoms. The normalized spacial score (nSPS) is 12.0. The summed E-state index contributed by atoms with van der Waals surface area (Å²) in [5.74, 6) is 0.315. The Hall–Kier alpha value is -1.57. The van der Waals surface area contributed by atoms with Gasteiger partial charge in [0.05, 0.1) is 11.2 Å². The molecular weight excluding hydrogens is 222 g/mol. The average Bonchev–Trinajstić information content (AvgIpc) is 2.28. The number of aryl methyl sites for hydroxylation is 1. The predicted molar refractivity (Wildman–Crippen MR) is 76.1 cm³/mol. The van der Waals surface area contributed by atoms with E-state index in [0.717, 1.165) is 29.4 Å². The van der Waals surface area contributed by atoms with Crippen molar-refractivity contribution in [3.8, 4) is 5.75 Å². The van der Waals surface area contributed by atoms with Crippen LogP contribution in [-0.2, 0) is 11.8 Å². The summed E-state index contributed by atoms with van der Waals surface area (Å²) in [6.07, 6.45) is 1.81. The lowest BCUT2D eigenvalue weighted by molar-refractivity contribution is 0.465. The van der Waals surface area contributed by atoms with Crippen LogP contribution in [0.3, 0.4) is 0 Å². The number of benzene rings is 1. The number of rotatable bonds is 2. The second kappa shape index (κ2) is 4.60. The third-order valence-electron chi connectivity index (χ3n) is 3.22. The van der Waals surface area contributed by atoms with Crippen molar-refractivity contribution in [2.45, 2.75) is 46.0 Å². The highest BCUT2D eigenvalue weighted by Gasteiger charge is 2.14. The highest BCUT2D eigenvalue weighted by molar-refractivity contribution is 5.81. The summed E-state index contributed by atoms with van der Waals surface area (Å²) in [5.41, 5.74) is 3.14. The quantitative estimate of drug-likeness (QED) is 0.858. The summed E-state index contributed by atoms with van der Waals surface area (Å²) in [6, 6.07) is 8.14. The minimum absolute atomic E-state index is 0.117. The van der Waals surface area contributed by atoms with Gasteiger partial charge in [0.15, 0.2) is 0 Å². The molecule has 0 atom stereocenters. The van der Waals surface area contributed by atoms with Gasteiger partial charge in [-0.1, -0.05) is 40.2 Å². The summed E-state index contributed by atoms with van der Waals surface area (Å²) >= 11 is 0. The zero-order chi connectivity index (χ0) is 13.3. The second-order valence-electron chi connectivity index (χ2n) is 5.86. The number of nitrogens with zero attached hydrogens (tertiary/aromatic N) is 1. The number of aromatic hydroxyl groups is 1. The lowest BCUT2D eigenvalue weighted by atomic mass is 9.86. The molecule has 0 saturated heterocycles. The van der Waals surface area contributed by atoms with Crippen molar-refractivity contribution in [1.29, 1.82) is 0 Å². The molecule has 1 aromatic carbocycles. The SMILES string of the molecule is CCCc1nc2ccc(C(C)(C)C)cc2cc1O. The van der Waals surface area contributed by atoms with Gasteiger partial charge in [-0.25, -0.2) is 4.98 Å². The first-order chi connectivity index (χ1) is 8.41. The van der Waals surface area contributed by atoms with Crippen LogP contribution in [0.5, 0.6) is 5.75 Å². The van der Waals surface area contributed by atoms with E-state index in [1.165, 1.54) is 5.56 Å². The molecule has 2 heteroatoms. The van der Waals surface area contributed by atoms with E-state index in [1.807, 2.05) is 6.07 Å². The molecule has 0 fully saturated rings. The fourth-order valence-corrected chi connectivity index (χ4v) is 2.09. The van der Waals surface area contributed by atoms with E-state index >= 15 is 0 Å². The third-order valence-corrected chi connectivity index (χ3v) is 3.22. The third kappa shape index (κ3) is 2.47. The molecule has 1 N–H and O–H groups in total. The minimum atomic E-state index is 0.117. The van der Waals surface area contributed by atoms with E-state index in [0.29, 0.717) is 5.75 Å². The molecule has 2 nitrogen and oxygen atoms in total. The van der Waals surface area contributed by atoms with Crippen molar-refractivity contribution in [3.63, 3.8) is 0 Å². The molecule has 0 saturated carbocycles. The van der Waals surface area contributed by atoms with E-state index in [-0.39, 0.29) is 5.41 Å². The number of fused-ring (bicyclic) bond motifs is 1. The van der Waals surface area contributed by atoms with Crippen molar-refractivity contribution in [2.24, 2.45) is 0 Å². The van der Waals surface area contributed by atoms with Crippen LogP contribution >= 0.6 is 0 Å². The van der Waals surface area contributed by atoms with Gasteiger partial charge in [-0.05, 0) is 35.6 Å². The molecule has 18 heavy (non-hydrogen) atoms. The summed E-state index contributed by atoms with van der Waals surface area (Å²) < 4.78 is 0. The maximum Gasteiger partial charge on any atom is 0.137 e. The molecule has 0 aliphatic rings. The fourth-order valence-electron chi connectivity index (χ4n) is 2.09. The smallest absolute Gasteiger partial charge is 0.137 e. The van der Waals surface area contributed by atoms with Gasteiger partial charge in [-0.2, -0.15) is 0 Å². The van der Waals surface area contributed by atoms with Crippen molar-refractivity contribution in [2.75, 3.05) is 0 Å². The molecule has 1 aromatic heterocycles. The summed E-state index contributed by atoms with van der Waals surface area (Å²) in [5, 5.41) is 11.0. The topological polar surface area (TPSA) is 33.1 Å². The molecule has 0 aliphatic heterocycles. The lowest BCUT2D eigenvalue weighted by Crippen LogP contribution is -2.10. The van der Waals surface area contributed by atoms with Gasteiger partial charge >= 0.3 is 0 Å². The van der Waals surface area contributed by atoms with Crippen LogP contribution in [-0.4, -0.2) is 10.1 Å². The van der Waals surface area contributed by atoms with Gasteiger partial charge in [-0.3, -0.25) is 0 Å². The molecule has 2 aromatic rings. The fraction of sp³-hybridized carbons (Fsp3) is 0.438. The predicted octanol–water partition coefficient (Wildman–Crippen LogP) is 4.19. The van der Waals surface area contributed by atoms with Crippen molar-refractivity contribution in [1.82, 2.24) is 4.98 Å². The van der Waals surface area contributed by atoms with Crippen LogP contribution in [0.15, 0.2) is 24.3 Å². The second-order valence-corrected chi connectivity index (χ2v) is 5.86. The molecule has 0 amide bonds. The van der Waals surface area contributed by atoms with Gasteiger partial charge < -0.3 is 5.11 Å². The Labute approximate surface area is 109 Å². The zero-order valence-electron chi connectivity index (χ0n) is 11.6. The first-order valence-electron chi connectivity index (χ1n) is 6.55. The van der Waals surface area contributed by atoms with Crippen LogP contribution in [0.4, 0.5) is 0 Å². The standard InChI is InChI=1S/C16H21NO/c1-5-6-14-15(18)10-11-9-12(16(2,3)4)7-8-13(11)17-14/h7-10,18H,5-6H2,1-4H3. The summed E-state index contributed by atoms with van der Waals surface area (Å²) in [6.45, 7) is 8.65. The Morgan fingerprint density at radius 3 is 2.50 bits per heavy atom. The lowest BCUT2D eigenvalue weighted by Gasteiger charge is -2.19. The van der Waals surface area contributed by atoms with Crippen molar-refractivity contribution >= 4 is 10.9 Å².